The zero-order valence-corrected chi connectivity index (χ0v) is 17.7. The van der Waals surface area contributed by atoms with E-state index < -0.39 is 10.8 Å². The van der Waals surface area contributed by atoms with Crippen molar-refractivity contribution in [2.45, 2.75) is 25.7 Å². The minimum Gasteiger partial charge on any atom is -0.341 e. The first-order valence-corrected chi connectivity index (χ1v) is 10.2. The van der Waals surface area contributed by atoms with Gasteiger partial charge in [-0.05, 0) is 61.7 Å². The summed E-state index contributed by atoms with van der Waals surface area (Å²) < 4.78 is 13.0. The highest BCUT2D eigenvalue weighted by atomic mass is 35.5. The SMILES string of the molecule is CN(CCCCCc1cc(-c2ccc(F)cc2)n[nH]1)C(=O)c1ccc(Cl)cc1[N+](=O)[O-]. The molecule has 1 aromatic heterocycles. The molecule has 1 N–H and O–H groups in total. The number of hydrogen-bond acceptors (Lipinski definition) is 4. The first-order valence-electron chi connectivity index (χ1n) is 9.85. The molecule has 0 bridgehead atoms. The van der Waals surface area contributed by atoms with Crippen LogP contribution in [0.25, 0.3) is 11.3 Å². The van der Waals surface area contributed by atoms with Crippen LogP contribution in [-0.2, 0) is 6.42 Å². The maximum absolute atomic E-state index is 13.0. The predicted molar refractivity (Wildman–Crippen MR) is 117 cm³/mol. The van der Waals surface area contributed by atoms with E-state index in [0.29, 0.717) is 6.54 Å². The number of aryl methyl sites for hydroxylation is 1. The summed E-state index contributed by atoms with van der Waals surface area (Å²) in [6.45, 7) is 0.489. The minimum absolute atomic E-state index is 0.0303. The summed E-state index contributed by atoms with van der Waals surface area (Å²) >= 11 is 5.81. The molecule has 9 heteroatoms. The average molecular weight is 445 g/mol. The number of nitrogens with one attached hydrogen (secondary N) is 1. The van der Waals surface area contributed by atoms with Gasteiger partial charge in [0.25, 0.3) is 11.6 Å². The molecule has 1 heterocycles. The van der Waals surface area contributed by atoms with Crippen molar-refractivity contribution in [3.05, 3.63) is 80.7 Å². The fourth-order valence-electron chi connectivity index (χ4n) is 3.24. The second-order valence-corrected chi connectivity index (χ2v) is 7.68. The van der Waals surface area contributed by atoms with E-state index in [1.165, 1.54) is 35.2 Å². The summed E-state index contributed by atoms with van der Waals surface area (Å²) in [6.07, 6.45) is 3.34. The molecule has 7 nitrogen and oxygen atoms in total. The fraction of sp³-hybridized carbons (Fsp3) is 0.273. The van der Waals surface area contributed by atoms with Gasteiger partial charge in [-0.1, -0.05) is 18.0 Å². The van der Waals surface area contributed by atoms with Crippen molar-refractivity contribution < 1.29 is 14.1 Å². The number of aromatic amines is 1. The number of nitro benzene ring substituents is 1. The van der Waals surface area contributed by atoms with E-state index in [4.69, 9.17) is 11.6 Å². The lowest BCUT2D eigenvalue weighted by Gasteiger charge is -2.17. The lowest BCUT2D eigenvalue weighted by Crippen LogP contribution is -2.28. The van der Waals surface area contributed by atoms with E-state index in [1.54, 1.807) is 19.2 Å². The summed E-state index contributed by atoms with van der Waals surface area (Å²) in [5, 5.41) is 18.7. The van der Waals surface area contributed by atoms with Gasteiger partial charge in [0.15, 0.2) is 0 Å². The lowest BCUT2D eigenvalue weighted by atomic mass is 10.1. The van der Waals surface area contributed by atoms with E-state index >= 15 is 0 Å². The van der Waals surface area contributed by atoms with Crippen molar-refractivity contribution in [3.63, 3.8) is 0 Å². The molecular weight excluding hydrogens is 423 g/mol. The first kappa shape index (κ1) is 22.4. The Kier molecular flexibility index (Phi) is 7.36. The number of carbonyl (C=O) groups excluding carboxylic acids is 1. The maximum atomic E-state index is 13.0. The minimum atomic E-state index is -0.600. The monoisotopic (exact) mass is 444 g/mol. The third kappa shape index (κ3) is 5.88. The van der Waals surface area contributed by atoms with Gasteiger partial charge in [-0.2, -0.15) is 5.10 Å². The molecule has 162 valence electrons. The van der Waals surface area contributed by atoms with Gasteiger partial charge in [-0.15, -0.1) is 0 Å². The van der Waals surface area contributed by atoms with Gasteiger partial charge in [0.1, 0.15) is 11.4 Å². The van der Waals surface area contributed by atoms with Crippen LogP contribution in [0.4, 0.5) is 10.1 Å². The number of halogens is 2. The van der Waals surface area contributed by atoms with Crippen LogP contribution in [0.2, 0.25) is 5.02 Å². The van der Waals surface area contributed by atoms with Gasteiger partial charge >= 0.3 is 0 Å². The number of hydrogen-bond donors (Lipinski definition) is 1. The predicted octanol–water partition coefficient (Wildman–Crippen LogP) is 5.26. The number of benzene rings is 2. The van der Waals surface area contributed by atoms with Gasteiger partial charge in [-0.3, -0.25) is 20.0 Å². The molecule has 31 heavy (non-hydrogen) atoms. The van der Waals surface area contributed by atoms with Crippen LogP contribution < -0.4 is 0 Å². The Balaban J connectivity index is 1.45. The number of unbranched alkanes of at least 4 members (excludes halogenated alkanes) is 2. The van der Waals surface area contributed by atoms with Crippen LogP contribution in [0, 0.1) is 15.9 Å². The molecule has 0 radical (unpaired) electrons. The number of nitro groups is 1. The summed E-state index contributed by atoms with van der Waals surface area (Å²) in [5.41, 5.74) is 2.34. The first-order chi connectivity index (χ1) is 14.8. The number of nitrogens with zero attached hydrogens (tertiary/aromatic N) is 3. The van der Waals surface area contributed by atoms with Crippen molar-refractivity contribution in [1.82, 2.24) is 15.1 Å². The van der Waals surface area contributed by atoms with Crippen LogP contribution >= 0.6 is 11.6 Å². The average Bonchev–Trinajstić information content (AvgIpc) is 3.22. The third-order valence-corrected chi connectivity index (χ3v) is 5.18. The Bertz CT molecular complexity index is 1070. The molecule has 1 amide bonds. The van der Waals surface area contributed by atoms with Crippen molar-refractivity contribution in [2.24, 2.45) is 0 Å². The normalized spacial score (nSPS) is 10.8. The van der Waals surface area contributed by atoms with Gasteiger partial charge in [0.05, 0.1) is 10.6 Å². The Morgan fingerprint density at radius 2 is 1.90 bits per heavy atom. The number of amides is 1. The molecule has 0 saturated carbocycles. The van der Waals surface area contributed by atoms with Gasteiger partial charge in [-0.25, -0.2) is 4.39 Å². The number of aromatic nitrogens is 2. The summed E-state index contributed by atoms with van der Waals surface area (Å²) in [5.74, 6) is -0.686. The van der Waals surface area contributed by atoms with Crippen molar-refractivity contribution in [1.29, 1.82) is 0 Å². The highest BCUT2D eigenvalue weighted by Gasteiger charge is 2.23. The Morgan fingerprint density at radius 1 is 1.16 bits per heavy atom. The molecule has 3 aromatic rings. The molecule has 0 aliphatic carbocycles. The Morgan fingerprint density at radius 3 is 2.61 bits per heavy atom. The molecule has 0 fully saturated rings. The third-order valence-electron chi connectivity index (χ3n) is 4.94. The van der Waals surface area contributed by atoms with Gasteiger partial charge in [0, 0.05) is 35.9 Å². The fourth-order valence-corrected chi connectivity index (χ4v) is 3.41. The van der Waals surface area contributed by atoms with Crippen molar-refractivity contribution in [3.8, 4) is 11.3 Å². The van der Waals surface area contributed by atoms with Crippen LogP contribution in [0.1, 0.15) is 35.3 Å². The zero-order chi connectivity index (χ0) is 22.4. The smallest absolute Gasteiger partial charge is 0.283 e. The molecular formula is C22H22ClFN4O3. The van der Waals surface area contributed by atoms with Gasteiger partial charge in [0.2, 0.25) is 0 Å². The zero-order valence-electron chi connectivity index (χ0n) is 17.0. The second-order valence-electron chi connectivity index (χ2n) is 7.24. The van der Waals surface area contributed by atoms with Crippen molar-refractivity contribution >= 4 is 23.2 Å². The van der Waals surface area contributed by atoms with Crippen molar-refractivity contribution in [2.75, 3.05) is 13.6 Å². The highest BCUT2D eigenvalue weighted by Crippen LogP contribution is 2.24. The topological polar surface area (TPSA) is 92.1 Å². The maximum Gasteiger partial charge on any atom is 0.283 e. The lowest BCUT2D eigenvalue weighted by molar-refractivity contribution is -0.385. The van der Waals surface area contributed by atoms with Crippen LogP contribution in [0.3, 0.4) is 0 Å². The van der Waals surface area contributed by atoms with E-state index in [2.05, 4.69) is 10.2 Å². The molecule has 0 unspecified atom stereocenters. The molecule has 3 rings (SSSR count). The highest BCUT2D eigenvalue weighted by molar-refractivity contribution is 6.31. The number of rotatable bonds is 9. The second kappa shape index (κ2) is 10.2. The Labute approximate surface area is 184 Å². The molecule has 0 saturated heterocycles. The van der Waals surface area contributed by atoms with E-state index in [-0.39, 0.29) is 22.1 Å². The summed E-state index contributed by atoms with van der Waals surface area (Å²) in [7, 11) is 1.63. The molecule has 0 spiro atoms. The molecule has 0 aliphatic rings. The number of carbonyl (C=O) groups is 1. The molecule has 2 aromatic carbocycles. The van der Waals surface area contributed by atoms with Crippen LogP contribution in [0.5, 0.6) is 0 Å². The van der Waals surface area contributed by atoms with Crippen LogP contribution in [0.15, 0.2) is 48.5 Å². The van der Waals surface area contributed by atoms with E-state index in [9.17, 15) is 19.3 Å². The van der Waals surface area contributed by atoms with Crippen LogP contribution in [-0.4, -0.2) is 39.5 Å². The standard InChI is InChI=1S/C22H22ClFN4O3/c1-27(22(29)19-11-8-16(23)13-21(19)28(30)31)12-4-2-3-5-18-14-20(26-25-18)15-6-9-17(24)10-7-15/h6-11,13-14H,2-5,12H2,1H3,(H,25,26). The number of H-pyrrole nitrogens is 1. The van der Waals surface area contributed by atoms with E-state index in [1.807, 2.05) is 6.07 Å². The van der Waals surface area contributed by atoms with E-state index in [0.717, 1.165) is 42.6 Å². The Hall–Kier alpha value is -3.26. The summed E-state index contributed by atoms with van der Waals surface area (Å²) in [4.78, 5) is 24.6. The van der Waals surface area contributed by atoms with Gasteiger partial charge < -0.3 is 4.90 Å². The molecule has 0 atom stereocenters. The summed E-state index contributed by atoms with van der Waals surface area (Å²) in [6, 6.07) is 12.2. The largest absolute Gasteiger partial charge is 0.341 e. The molecule has 0 aliphatic heterocycles. The quantitative estimate of drug-likeness (QED) is 0.276.